The minimum atomic E-state index is -3.52. The van der Waals surface area contributed by atoms with Crippen LogP contribution in [0.25, 0.3) is 0 Å². The molecule has 1 aromatic rings. The first-order chi connectivity index (χ1) is 8.36. The highest BCUT2D eigenvalue weighted by Gasteiger charge is 2.17. The van der Waals surface area contributed by atoms with Crippen molar-refractivity contribution in [2.75, 3.05) is 6.54 Å². The fourth-order valence-electron chi connectivity index (χ4n) is 1.24. The molecule has 0 saturated carbocycles. The van der Waals surface area contributed by atoms with Gasteiger partial charge < -0.3 is 5.73 Å². The SMILES string of the molecule is CC(C)C(C)CNS(=O)(=O)c1ccc(CN)cn1. The molecule has 18 heavy (non-hydrogen) atoms. The van der Waals surface area contributed by atoms with Gasteiger partial charge in [0.1, 0.15) is 0 Å². The van der Waals surface area contributed by atoms with Crippen LogP contribution in [0.4, 0.5) is 0 Å². The van der Waals surface area contributed by atoms with Gasteiger partial charge >= 0.3 is 0 Å². The van der Waals surface area contributed by atoms with Crippen molar-refractivity contribution in [3.8, 4) is 0 Å². The minimum absolute atomic E-state index is 0.0376. The van der Waals surface area contributed by atoms with Crippen LogP contribution in [0.5, 0.6) is 0 Å². The number of aromatic nitrogens is 1. The molecule has 102 valence electrons. The Labute approximate surface area is 109 Å². The minimum Gasteiger partial charge on any atom is -0.326 e. The molecule has 3 N–H and O–H groups in total. The van der Waals surface area contributed by atoms with Gasteiger partial charge in [0.2, 0.25) is 0 Å². The van der Waals surface area contributed by atoms with Crippen molar-refractivity contribution in [1.29, 1.82) is 0 Å². The lowest BCUT2D eigenvalue weighted by molar-refractivity contribution is 0.414. The molecule has 1 heterocycles. The zero-order valence-electron chi connectivity index (χ0n) is 11.1. The monoisotopic (exact) mass is 271 g/mol. The average molecular weight is 271 g/mol. The number of nitrogens with one attached hydrogen (secondary N) is 1. The Bertz CT molecular complexity index is 469. The van der Waals surface area contributed by atoms with Gasteiger partial charge in [-0.2, -0.15) is 0 Å². The van der Waals surface area contributed by atoms with Crippen LogP contribution in [-0.2, 0) is 16.6 Å². The molecule has 0 spiro atoms. The lowest BCUT2D eigenvalue weighted by Crippen LogP contribution is -2.30. The summed E-state index contributed by atoms with van der Waals surface area (Å²) in [5.74, 6) is 0.711. The maximum atomic E-state index is 12.0. The maximum Gasteiger partial charge on any atom is 0.258 e. The molecule has 0 fully saturated rings. The zero-order chi connectivity index (χ0) is 13.8. The summed E-state index contributed by atoms with van der Waals surface area (Å²) in [6.07, 6.45) is 1.49. The maximum absolute atomic E-state index is 12.0. The normalized spacial score (nSPS) is 13.8. The first-order valence-corrected chi connectivity index (χ1v) is 7.49. The van der Waals surface area contributed by atoms with E-state index in [1.54, 1.807) is 6.07 Å². The summed E-state index contributed by atoms with van der Waals surface area (Å²) >= 11 is 0. The molecule has 1 rings (SSSR count). The number of pyridine rings is 1. The molecule has 0 radical (unpaired) electrons. The summed E-state index contributed by atoms with van der Waals surface area (Å²) in [5.41, 5.74) is 6.25. The predicted molar refractivity (Wildman–Crippen MR) is 71.3 cm³/mol. The van der Waals surface area contributed by atoms with Crippen molar-refractivity contribution >= 4 is 10.0 Å². The standard InChI is InChI=1S/C12H21N3O2S/c1-9(2)10(3)7-15-18(16,17)12-5-4-11(6-13)8-14-12/h4-5,8-10,15H,6-7,13H2,1-3H3. The molecule has 6 heteroatoms. The Kier molecular flexibility index (Phi) is 5.25. The Morgan fingerprint density at radius 3 is 2.44 bits per heavy atom. The molecule has 0 aliphatic rings. The summed E-state index contributed by atoms with van der Waals surface area (Å²) in [6.45, 7) is 6.91. The summed E-state index contributed by atoms with van der Waals surface area (Å²) in [6, 6.07) is 3.15. The van der Waals surface area contributed by atoms with Gasteiger partial charge in [-0.1, -0.05) is 26.8 Å². The van der Waals surface area contributed by atoms with Crippen molar-refractivity contribution in [3.63, 3.8) is 0 Å². The van der Waals surface area contributed by atoms with Crippen molar-refractivity contribution in [2.24, 2.45) is 17.6 Å². The Morgan fingerprint density at radius 2 is 2.00 bits per heavy atom. The highest BCUT2D eigenvalue weighted by molar-refractivity contribution is 7.89. The van der Waals surface area contributed by atoms with Crippen LogP contribution in [0.3, 0.4) is 0 Å². The largest absolute Gasteiger partial charge is 0.326 e. The van der Waals surface area contributed by atoms with Crippen molar-refractivity contribution in [3.05, 3.63) is 23.9 Å². The molecule has 1 aromatic heterocycles. The van der Waals surface area contributed by atoms with E-state index in [1.165, 1.54) is 12.3 Å². The number of hydrogen-bond donors (Lipinski definition) is 2. The van der Waals surface area contributed by atoms with Crippen LogP contribution >= 0.6 is 0 Å². The number of rotatable bonds is 6. The number of nitrogens with zero attached hydrogens (tertiary/aromatic N) is 1. The van der Waals surface area contributed by atoms with Gasteiger partial charge in [-0.15, -0.1) is 0 Å². The van der Waals surface area contributed by atoms with Gasteiger partial charge in [-0.3, -0.25) is 0 Å². The average Bonchev–Trinajstić information content (AvgIpc) is 2.36. The van der Waals surface area contributed by atoms with Crippen molar-refractivity contribution in [1.82, 2.24) is 9.71 Å². The molecule has 0 amide bonds. The molecule has 1 atom stereocenters. The predicted octanol–water partition coefficient (Wildman–Crippen LogP) is 1.11. The molecule has 0 saturated heterocycles. The number of nitrogens with two attached hydrogens (primary N) is 1. The highest BCUT2D eigenvalue weighted by atomic mass is 32.2. The Balaban J connectivity index is 2.73. The third-order valence-electron chi connectivity index (χ3n) is 3.04. The van der Waals surface area contributed by atoms with Crippen LogP contribution in [0.2, 0.25) is 0 Å². The van der Waals surface area contributed by atoms with Crippen LogP contribution in [0, 0.1) is 11.8 Å². The fourth-order valence-corrected chi connectivity index (χ4v) is 2.31. The summed E-state index contributed by atoms with van der Waals surface area (Å²) < 4.78 is 26.5. The topological polar surface area (TPSA) is 85.1 Å². The summed E-state index contributed by atoms with van der Waals surface area (Å²) in [7, 11) is -3.52. The second kappa shape index (κ2) is 6.26. The van der Waals surface area contributed by atoms with Crippen LogP contribution < -0.4 is 10.5 Å². The molecular weight excluding hydrogens is 250 g/mol. The molecular formula is C12H21N3O2S. The number of hydrogen-bond acceptors (Lipinski definition) is 4. The molecule has 5 nitrogen and oxygen atoms in total. The third-order valence-corrected chi connectivity index (χ3v) is 4.38. The molecule has 0 aliphatic carbocycles. The third kappa shape index (κ3) is 4.04. The van der Waals surface area contributed by atoms with E-state index in [0.717, 1.165) is 5.56 Å². The smallest absolute Gasteiger partial charge is 0.258 e. The van der Waals surface area contributed by atoms with Gasteiger partial charge in [0, 0.05) is 19.3 Å². The first-order valence-electron chi connectivity index (χ1n) is 6.01. The van der Waals surface area contributed by atoms with Gasteiger partial charge in [0.25, 0.3) is 10.0 Å². The van der Waals surface area contributed by atoms with E-state index in [9.17, 15) is 8.42 Å². The Morgan fingerprint density at radius 1 is 1.33 bits per heavy atom. The van der Waals surface area contributed by atoms with E-state index < -0.39 is 10.0 Å². The van der Waals surface area contributed by atoms with Gasteiger partial charge in [0.05, 0.1) is 0 Å². The molecule has 1 unspecified atom stereocenters. The second-order valence-corrected chi connectivity index (χ2v) is 6.50. The second-order valence-electron chi connectivity index (χ2n) is 4.78. The summed E-state index contributed by atoms with van der Waals surface area (Å²) in [4.78, 5) is 3.91. The van der Waals surface area contributed by atoms with Crippen molar-refractivity contribution < 1.29 is 8.42 Å². The van der Waals surface area contributed by atoms with Crippen LogP contribution in [-0.4, -0.2) is 19.9 Å². The fraction of sp³-hybridized carbons (Fsp3) is 0.583. The molecule has 0 aliphatic heterocycles. The van der Waals surface area contributed by atoms with Crippen LogP contribution in [0.1, 0.15) is 26.3 Å². The van der Waals surface area contributed by atoms with E-state index in [-0.39, 0.29) is 10.9 Å². The van der Waals surface area contributed by atoms with Crippen molar-refractivity contribution in [2.45, 2.75) is 32.3 Å². The van der Waals surface area contributed by atoms with E-state index in [2.05, 4.69) is 23.6 Å². The highest BCUT2D eigenvalue weighted by Crippen LogP contribution is 2.10. The first kappa shape index (κ1) is 15.1. The zero-order valence-corrected chi connectivity index (χ0v) is 11.9. The van der Waals surface area contributed by atoms with E-state index in [0.29, 0.717) is 19.0 Å². The quantitative estimate of drug-likeness (QED) is 0.811. The van der Waals surface area contributed by atoms with E-state index in [4.69, 9.17) is 5.73 Å². The molecule has 0 bridgehead atoms. The number of sulfonamides is 1. The van der Waals surface area contributed by atoms with Crippen LogP contribution in [0.15, 0.2) is 23.4 Å². The Hall–Kier alpha value is -0.980. The lowest BCUT2D eigenvalue weighted by atomic mass is 9.99. The van der Waals surface area contributed by atoms with E-state index in [1.807, 2.05) is 6.92 Å². The lowest BCUT2D eigenvalue weighted by Gasteiger charge is -2.15. The summed E-state index contributed by atoms with van der Waals surface area (Å²) in [5, 5.41) is 0.0376. The van der Waals surface area contributed by atoms with Gasteiger partial charge in [-0.25, -0.2) is 18.1 Å². The van der Waals surface area contributed by atoms with E-state index >= 15 is 0 Å². The molecule has 0 aromatic carbocycles. The van der Waals surface area contributed by atoms with Gasteiger partial charge in [-0.05, 0) is 23.5 Å². The van der Waals surface area contributed by atoms with Gasteiger partial charge in [0.15, 0.2) is 5.03 Å².